The lowest BCUT2D eigenvalue weighted by molar-refractivity contribution is -0.119. The Morgan fingerprint density at radius 3 is 2.45 bits per heavy atom. The molecule has 0 aliphatic rings. The lowest BCUT2D eigenvalue weighted by Crippen LogP contribution is -2.45. The van der Waals surface area contributed by atoms with E-state index in [0.29, 0.717) is 10.7 Å². The summed E-state index contributed by atoms with van der Waals surface area (Å²) in [5.74, 6) is -0.947. The van der Waals surface area contributed by atoms with Crippen LogP contribution >= 0.6 is 11.6 Å². The van der Waals surface area contributed by atoms with Gasteiger partial charge in [0.2, 0.25) is 5.91 Å². The average Bonchev–Trinajstić information content (AvgIpc) is 2.37. The van der Waals surface area contributed by atoms with Crippen LogP contribution in [0.5, 0.6) is 0 Å². The number of hydrogen-bond acceptors (Lipinski definition) is 4. The van der Waals surface area contributed by atoms with Crippen LogP contribution in [0.4, 0.5) is 5.69 Å². The van der Waals surface area contributed by atoms with Crippen molar-refractivity contribution in [2.24, 2.45) is 11.1 Å². The molecule has 1 aromatic rings. The normalized spacial score (nSPS) is 12.7. The number of amides is 1. The van der Waals surface area contributed by atoms with Crippen LogP contribution < -0.4 is 11.1 Å². The number of nitrogens with one attached hydrogen (secondary N) is 1. The second-order valence-corrected chi connectivity index (χ2v) is 5.95. The number of hydrogen-bond donors (Lipinski definition) is 2. The van der Waals surface area contributed by atoms with Crippen molar-refractivity contribution in [1.82, 2.24) is 0 Å². The quantitative estimate of drug-likeness (QED) is 0.840. The first-order chi connectivity index (χ1) is 9.16. The number of carbonyl (C=O) groups is 2. The number of rotatable bonds is 3. The van der Waals surface area contributed by atoms with Crippen molar-refractivity contribution in [3.05, 3.63) is 28.8 Å². The largest absolute Gasteiger partial charge is 0.465 e. The molecule has 6 heteroatoms. The number of esters is 1. The van der Waals surface area contributed by atoms with Gasteiger partial charge in [-0.25, -0.2) is 4.79 Å². The van der Waals surface area contributed by atoms with E-state index in [9.17, 15) is 9.59 Å². The van der Waals surface area contributed by atoms with Crippen LogP contribution in [-0.2, 0) is 9.53 Å². The molecule has 0 unspecified atom stereocenters. The summed E-state index contributed by atoms with van der Waals surface area (Å²) in [4.78, 5) is 23.8. The van der Waals surface area contributed by atoms with Gasteiger partial charge in [0, 0.05) is 5.02 Å². The van der Waals surface area contributed by atoms with E-state index in [1.165, 1.54) is 13.2 Å². The molecule has 1 aromatic carbocycles. The summed E-state index contributed by atoms with van der Waals surface area (Å²) in [6.07, 6.45) is 0. The first kappa shape index (κ1) is 16.5. The minimum absolute atomic E-state index is 0.189. The summed E-state index contributed by atoms with van der Waals surface area (Å²) in [5.41, 5.74) is 6.00. The number of benzene rings is 1. The van der Waals surface area contributed by atoms with Gasteiger partial charge < -0.3 is 15.8 Å². The van der Waals surface area contributed by atoms with Gasteiger partial charge in [-0.3, -0.25) is 4.79 Å². The van der Waals surface area contributed by atoms with Crippen molar-refractivity contribution >= 4 is 29.2 Å². The fraction of sp³-hybridized carbons (Fsp3) is 0.429. The lowest BCUT2D eigenvalue weighted by atomic mass is 9.87. The van der Waals surface area contributed by atoms with Crippen molar-refractivity contribution in [1.29, 1.82) is 0 Å². The summed E-state index contributed by atoms with van der Waals surface area (Å²) >= 11 is 5.84. The van der Waals surface area contributed by atoms with Gasteiger partial charge in [-0.05, 0) is 23.6 Å². The van der Waals surface area contributed by atoms with Crippen LogP contribution in [0.25, 0.3) is 0 Å². The van der Waals surface area contributed by atoms with Gasteiger partial charge in [0.1, 0.15) is 0 Å². The van der Waals surface area contributed by atoms with Gasteiger partial charge >= 0.3 is 5.97 Å². The van der Waals surface area contributed by atoms with E-state index in [0.717, 1.165) is 0 Å². The first-order valence-electron chi connectivity index (χ1n) is 6.11. The third-order valence-electron chi connectivity index (χ3n) is 2.86. The molecule has 0 aliphatic heterocycles. The van der Waals surface area contributed by atoms with Gasteiger partial charge in [0.05, 0.1) is 24.4 Å². The number of nitrogens with two attached hydrogens (primary N) is 1. The summed E-state index contributed by atoms with van der Waals surface area (Å²) < 4.78 is 4.66. The second-order valence-electron chi connectivity index (χ2n) is 5.51. The van der Waals surface area contributed by atoms with Crippen LogP contribution in [0.15, 0.2) is 18.2 Å². The Morgan fingerprint density at radius 2 is 1.95 bits per heavy atom. The van der Waals surface area contributed by atoms with Crippen LogP contribution in [0.3, 0.4) is 0 Å². The van der Waals surface area contributed by atoms with Crippen LogP contribution in [0, 0.1) is 5.41 Å². The van der Waals surface area contributed by atoms with E-state index in [-0.39, 0.29) is 16.9 Å². The minimum atomic E-state index is -0.705. The number of methoxy groups -OCH3 is 1. The molecule has 1 atom stereocenters. The molecular weight excluding hydrogens is 280 g/mol. The summed E-state index contributed by atoms with van der Waals surface area (Å²) in [6, 6.07) is 3.85. The molecule has 0 aliphatic carbocycles. The summed E-state index contributed by atoms with van der Waals surface area (Å²) in [6.45, 7) is 5.58. The zero-order chi connectivity index (χ0) is 15.5. The van der Waals surface area contributed by atoms with Gasteiger partial charge in [-0.15, -0.1) is 0 Å². The Morgan fingerprint density at radius 1 is 1.35 bits per heavy atom. The third-order valence-corrected chi connectivity index (χ3v) is 3.10. The van der Waals surface area contributed by atoms with Gasteiger partial charge in [0.15, 0.2) is 0 Å². The second kappa shape index (κ2) is 6.24. The van der Waals surface area contributed by atoms with Gasteiger partial charge in [0.25, 0.3) is 0 Å². The molecule has 110 valence electrons. The molecule has 0 bridgehead atoms. The lowest BCUT2D eigenvalue weighted by Gasteiger charge is -2.26. The summed E-state index contributed by atoms with van der Waals surface area (Å²) in [7, 11) is 1.26. The smallest absolute Gasteiger partial charge is 0.340 e. The molecule has 1 amide bonds. The van der Waals surface area contributed by atoms with Gasteiger partial charge in [-0.1, -0.05) is 32.4 Å². The van der Waals surface area contributed by atoms with Crippen molar-refractivity contribution in [2.75, 3.05) is 12.4 Å². The van der Waals surface area contributed by atoms with E-state index in [4.69, 9.17) is 17.3 Å². The maximum Gasteiger partial charge on any atom is 0.340 e. The molecule has 0 fully saturated rings. The highest BCUT2D eigenvalue weighted by Crippen LogP contribution is 2.23. The number of carbonyl (C=O) groups excluding carboxylic acids is 2. The van der Waals surface area contributed by atoms with Crippen LogP contribution in [-0.4, -0.2) is 25.0 Å². The third kappa shape index (κ3) is 3.95. The van der Waals surface area contributed by atoms with Crippen molar-refractivity contribution in [2.45, 2.75) is 26.8 Å². The highest BCUT2D eigenvalue weighted by Gasteiger charge is 2.28. The van der Waals surface area contributed by atoms with E-state index in [2.05, 4.69) is 10.1 Å². The molecule has 0 saturated carbocycles. The minimum Gasteiger partial charge on any atom is -0.465 e. The molecular formula is C14H19ClN2O3. The maximum atomic E-state index is 12.1. The molecule has 20 heavy (non-hydrogen) atoms. The maximum absolute atomic E-state index is 12.1. The highest BCUT2D eigenvalue weighted by molar-refractivity contribution is 6.31. The predicted octanol–water partition coefficient (Wildman–Crippen LogP) is 2.44. The Hall–Kier alpha value is -1.59. The van der Waals surface area contributed by atoms with E-state index in [1.807, 2.05) is 20.8 Å². The van der Waals surface area contributed by atoms with Crippen molar-refractivity contribution in [3.63, 3.8) is 0 Å². The first-order valence-corrected chi connectivity index (χ1v) is 6.49. The predicted molar refractivity (Wildman–Crippen MR) is 78.9 cm³/mol. The number of ether oxygens (including phenoxy) is 1. The number of halogens is 1. The highest BCUT2D eigenvalue weighted by atomic mass is 35.5. The van der Waals surface area contributed by atoms with Crippen LogP contribution in [0.1, 0.15) is 31.1 Å². The van der Waals surface area contributed by atoms with E-state index in [1.54, 1.807) is 12.1 Å². The van der Waals surface area contributed by atoms with Gasteiger partial charge in [-0.2, -0.15) is 0 Å². The monoisotopic (exact) mass is 298 g/mol. The zero-order valence-corrected chi connectivity index (χ0v) is 12.7. The fourth-order valence-electron chi connectivity index (χ4n) is 1.51. The van der Waals surface area contributed by atoms with Crippen molar-refractivity contribution in [3.8, 4) is 0 Å². The Balaban J connectivity index is 3.04. The average molecular weight is 299 g/mol. The molecule has 0 radical (unpaired) electrons. The molecule has 1 rings (SSSR count). The number of anilines is 1. The molecule has 0 saturated heterocycles. The standard InChI is InChI=1S/C14H19ClN2O3/c1-14(2,3)11(16)12(18)17-10-6-5-8(15)7-9(10)13(19)20-4/h5-7,11H,16H2,1-4H3,(H,17,18)/t11-/m1/s1. The zero-order valence-electron chi connectivity index (χ0n) is 12.0. The van der Waals surface area contributed by atoms with Crippen molar-refractivity contribution < 1.29 is 14.3 Å². The topological polar surface area (TPSA) is 81.4 Å². The molecule has 3 N–H and O–H groups in total. The van der Waals surface area contributed by atoms with E-state index < -0.39 is 12.0 Å². The summed E-state index contributed by atoms with van der Waals surface area (Å²) in [5, 5.41) is 3.01. The fourth-order valence-corrected chi connectivity index (χ4v) is 1.68. The molecule has 0 aromatic heterocycles. The Labute approximate surface area is 123 Å². The molecule has 0 heterocycles. The molecule has 5 nitrogen and oxygen atoms in total. The SMILES string of the molecule is COC(=O)c1cc(Cl)ccc1NC(=O)[C@@H](N)C(C)(C)C. The van der Waals surface area contributed by atoms with E-state index >= 15 is 0 Å². The van der Waals surface area contributed by atoms with Crippen LogP contribution in [0.2, 0.25) is 5.02 Å². The molecule has 0 spiro atoms. The Kier molecular flexibility index (Phi) is 5.14. The Bertz CT molecular complexity index is 524.